The third-order valence-electron chi connectivity index (χ3n) is 3.11. The van der Waals surface area contributed by atoms with Gasteiger partial charge in [-0.3, -0.25) is 4.90 Å². The predicted molar refractivity (Wildman–Crippen MR) is 70.8 cm³/mol. The maximum atomic E-state index is 12.1. The Morgan fingerprint density at radius 1 is 1.12 bits per heavy atom. The second-order valence-electron chi connectivity index (χ2n) is 4.31. The van der Waals surface area contributed by atoms with E-state index in [0.29, 0.717) is 12.6 Å². The van der Waals surface area contributed by atoms with Crippen LogP contribution in [0, 0.1) is 0 Å². The lowest BCUT2D eigenvalue weighted by Gasteiger charge is -2.33. The lowest BCUT2D eigenvalue weighted by Crippen LogP contribution is -2.39. The van der Waals surface area contributed by atoms with Crippen molar-refractivity contribution in [2.24, 2.45) is 0 Å². The molecule has 1 aliphatic rings. The van der Waals surface area contributed by atoms with Gasteiger partial charge in [0.05, 0.1) is 0 Å². The van der Waals surface area contributed by atoms with Crippen LogP contribution in [0.4, 0.5) is 13.2 Å². The Hall–Kier alpha value is 0.580. The van der Waals surface area contributed by atoms with Crippen LogP contribution in [0.15, 0.2) is 0 Å². The third kappa shape index (κ3) is 6.91. The fraction of sp³-hybridized carbons (Fsp3) is 1.00. The Balaban J connectivity index is 2.31. The van der Waals surface area contributed by atoms with Gasteiger partial charge in [0.2, 0.25) is 0 Å². The van der Waals surface area contributed by atoms with Gasteiger partial charge in [0.15, 0.2) is 0 Å². The molecule has 0 atom stereocenters. The second-order valence-corrected chi connectivity index (χ2v) is 6.26. The second kappa shape index (κ2) is 7.89. The van der Waals surface area contributed by atoms with Crippen LogP contribution in [0.25, 0.3) is 0 Å². The zero-order valence-corrected chi connectivity index (χ0v) is 12.2. The quantitative estimate of drug-likeness (QED) is 0.668. The van der Waals surface area contributed by atoms with Crippen LogP contribution in [-0.2, 0) is 0 Å². The van der Waals surface area contributed by atoms with Gasteiger partial charge in [-0.05, 0) is 24.6 Å². The highest BCUT2D eigenvalue weighted by Crippen LogP contribution is 2.30. The van der Waals surface area contributed by atoms with Crippen molar-refractivity contribution in [3.05, 3.63) is 0 Å². The minimum absolute atomic E-state index is 0.0948. The van der Waals surface area contributed by atoms with Crippen molar-refractivity contribution >= 4 is 27.7 Å². The average Bonchev–Trinajstić information content (AvgIpc) is 2.27. The summed E-state index contributed by atoms with van der Waals surface area (Å²) < 4.78 is 36.2. The standard InChI is InChI=1S/C11H19BrF3NS/c12-6-7-16(8-9-17-11(13,14)15)10-4-2-1-3-5-10/h10H,1-9H2. The molecule has 0 amide bonds. The number of rotatable bonds is 6. The van der Waals surface area contributed by atoms with E-state index in [1.807, 2.05) is 0 Å². The summed E-state index contributed by atoms with van der Waals surface area (Å²) in [5, 5.41) is 0.834. The van der Waals surface area contributed by atoms with Crippen LogP contribution in [0.5, 0.6) is 0 Å². The Labute approximate surface area is 114 Å². The monoisotopic (exact) mass is 333 g/mol. The number of nitrogens with zero attached hydrogens (tertiary/aromatic N) is 1. The van der Waals surface area contributed by atoms with E-state index >= 15 is 0 Å². The van der Waals surface area contributed by atoms with Crippen molar-refractivity contribution in [3.8, 4) is 0 Å². The summed E-state index contributed by atoms with van der Waals surface area (Å²) in [4.78, 5) is 2.21. The van der Waals surface area contributed by atoms with Gasteiger partial charge in [0.1, 0.15) is 0 Å². The summed E-state index contributed by atoms with van der Waals surface area (Å²) in [5.41, 5.74) is -4.09. The van der Waals surface area contributed by atoms with Crippen molar-refractivity contribution < 1.29 is 13.2 Å². The summed E-state index contributed by atoms with van der Waals surface area (Å²) in [6, 6.07) is 0.495. The van der Waals surface area contributed by atoms with Crippen LogP contribution < -0.4 is 0 Å². The largest absolute Gasteiger partial charge is 0.441 e. The molecule has 1 nitrogen and oxygen atoms in total. The van der Waals surface area contributed by atoms with Gasteiger partial charge < -0.3 is 0 Å². The van der Waals surface area contributed by atoms with Crippen molar-refractivity contribution in [1.29, 1.82) is 0 Å². The molecule has 0 saturated heterocycles. The molecule has 0 aromatic carbocycles. The van der Waals surface area contributed by atoms with Gasteiger partial charge >= 0.3 is 5.51 Å². The van der Waals surface area contributed by atoms with E-state index in [0.717, 1.165) is 24.7 Å². The molecule has 6 heteroatoms. The highest BCUT2D eigenvalue weighted by molar-refractivity contribution is 9.09. The first-order valence-electron chi connectivity index (χ1n) is 6.03. The van der Waals surface area contributed by atoms with Gasteiger partial charge in [0, 0.05) is 30.2 Å². The van der Waals surface area contributed by atoms with Gasteiger partial charge in [-0.2, -0.15) is 13.2 Å². The van der Waals surface area contributed by atoms with Gasteiger partial charge in [0.25, 0.3) is 0 Å². The normalized spacial score (nSPS) is 18.9. The Morgan fingerprint density at radius 2 is 1.76 bits per heavy atom. The Bertz CT molecular complexity index is 207. The molecule has 0 unspecified atom stereocenters. The van der Waals surface area contributed by atoms with Gasteiger partial charge in [-0.25, -0.2) is 0 Å². The van der Waals surface area contributed by atoms with E-state index in [-0.39, 0.29) is 17.5 Å². The Morgan fingerprint density at radius 3 is 2.29 bits per heavy atom. The fourth-order valence-electron chi connectivity index (χ4n) is 2.31. The maximum absolute atomic E-state index is 12.1. The van der Waals surface area contributed by atoms with Crippen LogP contribution in [0.2, 0.25) is 0 Å². The molecule has 17 heavy (non-hydrogen) atoms. The minimum Gasteiger partial charge on any atom is -0.299 e. The molecule has 0 aromatic heterocycles. The van der Waals surface area contributed by atoms with Crippen molar-refractivity contribution in [2.45, 2.75) is 43.7 Å². The molecule has 0 bridgehead atoms. The van der Waals surface area contributed by atoms with E-state index in [4.69, 9.17) is 0 Å². The van der Waals surface area contributed by atoms with E-state index in [2.05, 4.69) is 20.8 Å². The van der Waals surface area contributed by atoms with E-state index in [1.54, 1.807) is 0 Å². The van der Waals surface area contributed by atoms with E-state index < -0.39 is 5.51 Å². The fourth-order valence-corrected chi connectivity index (χ4v) is 3.32. The predicted octanol–water partition coefficient (Wildman–Crippen LogP) is 4.27. The molecule has 1 rings (SSSR count). The lowest BCUT2D eigenvalue weighted by molar-refractivity contribution is -0.0329. The highest BCUT2D eigenvalue weighted by atomic mass is 79.9. The summed E-state index contributed by atoms with van der Waals surface area (Å²) >= 11 is 3.47. The first kappa shape index (κ1) is 15.6. The van der Waals surface area contributed by atoms with Crippen LogP contribution in [0.3, 0.4) is 0 Å². The molecular weight excluding hydrogens is 315 g/mol. The first-order valence-corrected chi connectivity index (χ1v) is 8.14. The van der Waals surface area contributed by atoms with Gasteiger partial charge in [-0.15, -0.1) is 0 Å². The molecule has 1 fully saturated rings. The van der Waals surface area contributed by atoms with Crippen LogP contribution in [-0.4, -0.2) is 40.6 Å². The molecule has 1 aliphatic carbocycles. The van der Waals surface area contributed by atoms with Gasteiger partial charge in [-0.1, -0.05) is 35.2 Å². The smallest absolute Gasteiger partial charge is 0.299 e. The molecular formula is C11H19BrF3NS. The lowest BCUT2D eigenvalue weighted by atomic mass is 9.94. The topological polar surface area (TPSA) is 3.24 Å². The zero-order chi connectivity index (χ0) is 12.7. The first-order chi connectivity index (χ1) is 8.03. The highest BCUT2D eigenvalue weighted by Gasteiger charge is 2.28. The number of halogens is 4. The summed E-state index contributed by atoms with van der Waals surface area (Å²) in [5.74, 6) is 0.146. The summed E-state index contributed by atoms with van der Waals surface area (Å²) in [6.45, 7) is 1.39. The molecule has 102 valence electrons. The van der Waals surface area contributed by atoms with Crippen LogP contribution >= 0.6 is 27.7 Å². The zero-order valence-electron chi connectivity index (χ0n) is 9.81. The maximum Gasteiger partial charge on any atom is 0.441 e. The molecule has 0 radical (unpaired) electrons. The van der Waals surface area contributed by atoms with Crippen molar-refractivity contribution in [2.75, 3.05) is 24.2 Å². The summed E-state index contributed by atoms with van der Waals surface area (Å²) in [7, 11) is 0. The molecule has 0 heterocycles. The molecule has 0 spiro atoms. The third-order valence-corrected chi connectivity index (χ3v) is 4.18. The number of thioether (sulfide) groups is 1. The SMILES string of the molecule is FC(F)(F)SCCN(CCBr)C1CCCCC1. The summed E-state index contributed by atoms with van der Waals surface area (Å²) in [6.07, 6.45) is 6.00. The number of hydrogen-bond donors (Lipinski definition) is 0. The molecule has 0 aromatic rings. The van der Waals surface area contributed by atoms with Crippen molar-refractivity contribution in [1.82, 2.24) is 4.90 Å². The average molecular weight is 334 g/mol. The molecule has 1 saturated carbocycles. The van der Waals surface area contributed by atoms with Crippen molar-refractivity contribution in [3.63, 3.8) is 0 Å². The number of hydrogen-bond acceptors (Lipinski definition) is 2. The number of alkyl halides is 4. The minimum atomic E-state index is -4.09. The van der Waals surface area contributed by atoms with E-state index in [9.17, 15) is 13.2 Å². The molecule has 0 N–H and O–H groups in total. The molecule has 0 aliphatic heterocycles. The Kier molecular flexibility index (Phi) is 7.26. The van der Waals surface area contributed by atoms with E-state index in [1.165, 1.54) is 19.3 Å². The van der Waals surface area contributed by atoms with Crippen LogP contribution in [0.1, 0.15) is 32.1 Å².